The number of morpholine rings is 1. The summed E-state index contributed by atoms with van der Waals surface area (Å²) in [5, 5.41) is 3.02. The molecule has 1 aromatic carbocycles. The van der Waals surface area contributed by atoms with Gasteiger partial charge in [0, 0.05) is 32.4 Å². The smallest absolute Gasteiger partial charge is 0.256 e. The Morgan fingerprint density at radius 1 is 1.21 bits per heavy atom. The largest absolute Gasteiger partial charge is 0.494 e. The number of ether oxygens (including phenoxy) is 3. The number of amides is 1. The number of carbonyl (C=O) groups is 1. The number of nitrogens with zero attached hydrogens (tertiary/aromatic N) is 1. The number of benzene rings is 1. The quantitative estimate of drug-likeness (QED) is 0.690. The third-order valence-electron chi connectivity index (χ3n) is 5.99. The lowest BCUT2D eigenvalue weighted by atomic mass is 9.79. The van der Waals surface area contributed by atoms with Gasteiger partial charge >= 0.3 is 0 Å². The highest BCUT2D eigenvalue weighted by Crippen LogP contribution is 2.35. The van der Waals surface area contributed by atoms with Crippen molar-refractivity contribution < 1.29 is 19.0 Å². The average Bonchev–Trinajstić information content (AvgIpc) is 2.74. The van der Waals surface area contributed by atoms with E-state index in [4.69, 9.17) is 14.2 Å². The third-order valence-corrected chi connectivity index (χ3v) is 5.99. The van der Waals surface area contributed by atoms with Gasteiger partial charge in [-0.05, 0) is 62.3 Å². The van der Waals surface area contributed by atoms with Crippen LogP contribution in [-0.2, 0) is 14.3 Å². The summed E-state index contributed by atoms with van der Waals surface area (Å²) in [6.07, 6.45) is 4.60. The van der Waals surface area contributed by atoms with Crippen LogP contribution in [0.2, 0.25) is 0 Å². The second-order valence-corrected chi connectivity index (χ2v) is 8.02. The van der Waals surface area contributed by atoms with Gasteiger partial charge in [0.15, 0.2) is 0 Å². The molecular weight excluding hydrogens is 356 g/mol. The lowest BCUT2D eigenvalue weighted by Crippen LogP contribution is -2.47. The molecule has 1 aliphatic heterocycles. The Morgan fingerprint density at radius 2 is 1.89 bits per heavy atom. The number of methoxy groups -OCH3 is 1. The molecule has 0 radical (unpaired) electrons. The first-order valence-electron chi connectivity index (χ1n) is 10.5. The van der Waals surface area contributed by atoms with Crippen LogP contribution in [0.3, 0.4) is 0 Å². The van der Waals surface area contributed by atoms with Crippen molar-refractivity contribution in [3.05, 3.63) is 24.3 Å². The van der Waals surface area contributed by atoms with E-state index >= 15 is 0 Å². The number of hydrogen-bond donors (Lipinski definition) is 1. The second kappa shape index (κ2) is 10.2. The van der Waals surface area contributed by atoms with E-state index < -0.39 is 5.60 Å². The highest BCUT2D eigenvalue weighted by atomic mass is 16.5. The lowest BCUT2D eigenvalue weighted by Gasteiger charge is -2.36. The zero-order valence-electron chi connectivity index (χ0n) is 17.2. The normalized spacial score (nSPS) is 26.0. The van der Waals surface area contributed by atoms with Crippen molar-refractivity contribution >= 4 is 11.6 Å². The molecule has 2 aliphatic rings. The molecule has 156 valence electrons. The van der Waals surface area contributed by atoms with E-state index in [2.05, 4.69) is 17.1 Å². The summed E-state index contributed by atoms with van der Waals surface area (Å²) in [6.45, 7) is 7.64. The Balaban J connectivity index is 1.42. The Kier molecular flexibility index (Phi) is 7.71. The molecule has 1 aliphatic carbocycles. The minimum Gasteiger partial charge on any atom is -0.494 e. The van der Waals surface area contributed by atoms with Gasteiger partial charge in [-0.1, -0.05) is 6.92 Å². The molecule has 1 aromatic rings. The fourth-order valence-corrected chi connectivity index (χ4v) is 3.93. The maximum absolute atomic E-state index is 12.8. The molecule has 1 saturated carbocycles. The van der Waals surface area contributed by atoms with E-state index in [1.165, 1.54) is 0 Å². The van der Waals surface area contributed by atoms with Crippen LogP contribution in [0.1, 0.15) is 39.0 Å². The van der Waals surface area contributed by atoms with E-state index in [1.807, 2.05) is 24.3 Å². The second-order valence-electron chi connectivity index (χ2n) is 8.02. The highest BCUT2D eigenvalue weighted by Gasteiger charge is 2.41. The van der Waals surface area contributed by atoms with Crippen LogP contribution in [0, 0.1) is 5.92 Å². The van der Waals surface area contributed by atoms with E-state index in [0.717, 1.165) is 76.4 Å². The molecule has 0 aromatic heterocycles. The van der Waals surface area contributed by atoms with Crippen molar-refractivity contribution in [2.75, 3.05) is 51.9 Å². The van der Waals surface area contributed by atoms with Crippen LogP contribution < -0.4 is 10.1 Å². The lowest BCUT2D eigenvalue weighted by molar-refractivity contribution is -0.142. The maximum atomic E-state index is 12.8. The van der Waals surface area contributed by atoms with Crippen LogP contribution >= 0.6 is 0 Å². The van der Waals surface area contributed by atoms with E-state index in [9.17, 15) is 4.79 Å². The highest BCUT2D eigenvalue weighted by molar-refractivity contribution is 5.97. The number of nitrogens with one attached hydrogen (secondary N) is 1. The number of hydrogen-bond acceptors (Lipinski definition) is 5. The summed E-state index contributed by atoms with van der Waals surface area (Å²) < 4.78 is 16.8. The number of anilines is 1. The summed E-state index contributed by atoms with van der Waals surface area (Å²) in [6, 6.07) is 7.60. The molecule has 0 unspecified atom stereocenters. The van der Waals surface area contributed by atoms with E-state index in [1.54, 1.807) is 7.11 Å². The molecule has 1 amide bonds. The van der Waals surface area contributed by atoms with Gasteiger partial charge in [0.25, 0.3) is 5.91 Å². The molecule has 6 heteroatoms. The molecule has 0 bridgehead atoms. The van der Waals surface area contributed by atoms with Gasteiger partial charge in [-0.25, -0.2) is 0 Å². The molecule has 1 N–H and O–H groups in total. The topological polar surface area (TPSA) is 60.0 Å². The molecule has 28 heavy (non-hydrogen) atoms. The van der Waals surface area contributed by atoms with Crippen LogP contribution in [0.5, 0.6) is 5.75 Å². The standard InChI is InChI=1S/C22H34N2O4/c1-18-8-10-22(26-2,11-9-18)21(25)23-19-4-6-20(7-5-19)28-15-3-12-24-13-16-27-17-14-24/h4-7,18H,3,8-17H2,1-2H3,(H,23,25). The van der Waals surface area contributed by atoms with E-state index in [-0.39, 0.29) is 5.91 Å². The van der Waals surface area contributed by atoms with Crippen molar-refractivity contribution in [3.63, 3.8) is 0 Å². The van der Waals surface area contributed by atoms with Crippen molar-refractivity contribution in [1.29, 1.82) is 0 Å². The first-order valence-corrected chi connectivity index (χ1v) is 10.5. The van der Waals surface area contributed by atoms with Crippen LogP contribution in [0.25, 0.3) is 0 Å². The molecule has 2 fully saturated rings. The molecule has 0 atom stereocenters. The molecule has 6 nitrogen and oxygen atoms in total. The first-order chi connectivity index (χ1) is 13.6. The Bertz CT molecular complexity index is 605. The first kappa shape index (κ1) is 21.1. The Labute approximate surface area is 168 Å². The fourth-order valence-electron chi connectivity index (χ4n) is 3.93. The van der Waals surface area contributed by atoms with Gasteiger partial charge < -0.3 is 19.5 Å². The molecule has 0 spiro atoms. The van der Waals surface area contributed by atoms with Gasteiger partial charge in [0.05, 0.1) is 19.8 Å². The summed E-state index contributed by atoms with van der Waals surface area (Å²) in [7, 11) is 1.64. The number of rotatable bonds is 8. The van der Waals surface area contributed by atoms with Crippen molar-refractivity contribution in [3.8, 4) is 5.75 Å². The van der Waals surface area contributed by atoms with E-state index in [0.29, 0.717) is 12.5 Å². The van der Waals surface area contributed by atoms with Gasteiger partial charge in [-0.2, -0.15) is 0 Å². The van der Waals surface area contributed by atoms with Gasteiger partial charge in [-0.15, -0.1) is 0 Å². The molecule has 1 heterocycles. The van der Waals surface area contributed by atoms with Gasteiger partial charge in [0.1, 0.15) is 11.4 Å². The average molecular weight is 391 g/mol. The summed E-state index contributed by atoms with van der Waals surface area (Å²) >= 11 is 0. The Hall–Kier alpha value is -1.63. The Morgan fingerprint density at radius 3 is 2.54 bits per heavy atom. The minimum absolute atomic E-state index is 0.0407. The molecule has 1 saturated heterocycles. The maximum Gasteiger partial charge on any atom is 0.256 e. The van der Waals surface area contributed by atoms with Gasteiger partial charge in [0.2, 0.25) is 0 Å². The summed E-state index contributed by atoms with van der Waals surface area (Å²) in [4.78, 5) is 15.2. The predicted molar refractivity (Wildman–Crippen MR) is 110 cm³/mol. The van der Waals surface area contributed by atoms with Crippen molar-refractivity contribution in [1.82, 2.24) is 4.90 Å². The van der Waals surface area contributed by atoms with Gasteiger partial charge in [-0.3, -0.25) is 9.69 Å². The molecule has 3 rings (SSSR count). The van der Waals surface area contributed by atoms with Crippen LogP contribution in [0.4, 0.5) is 5.69 Å². The minimum atomic E-state index is -0.693. The number of carbonyl (C=O) groups excluding carboxylic acids is 1. The zero-order valence-corrected chi connectivity index (χ0v) is 17.2. The molecular formula is C22H34N2O4. The van der Waals surface area contributed by atoms with Crippen LogP contribution in [-0.4, -0.2) is 63.0 Å². The van der Waals surface area contributed by atoms with Crippen LogP contribution in [0.15, 0.2) is 24.3 Å². The summed E-state index contributed by atoms with van der Waals surface area (Å²) in [5.41, 5.74) is 0.0852. The monoisotopic (exact) mass is 390 g/mol. The SMILES string of the molecule is COC1(C(=O)Nc2ccc(OCCCN3CCOCC3)cc2)CCC(C)CC1. The van der Waals surface area contributed by atoms with Crippen molar-refractivity contribution in [2.45, 2.75) is 44.6 Å². The summed E-state index contributed by atoms with van der Waals surface area (Å²) in [5.74, 6) is 1.45. The third kappa shape index (κ3) is 5.69. The predicted octanol–water partition coefficient (Wildman–Crippen LogP) is 3.32. The zero-order chi connectivity index (χ0) is 19.8. The fraction of sp³-hybridized carbons (Fsp3) is 0.682. The van der Waals surface area contributed by atoms with Crippen molar-refractivity contribution in [2.24, 2.45) is 5.92 Å².